The zero-order valence-corrected chi connectivity index (χ0v) is 21.4. The van der Waals surface area contributed by atoms with Crippen LogP contribution in [-0.2, 0) is 9.53 Å². The second-order valence-corrected chi connectivity index (χ2v) is 10.6. The number of carbonyl (C=O) groups is 1. The van der Waals surface area contributed by atoms with Crippen molar-refractivity contribution in [2.45, 2.75) is 39.7 Å². The highest BCUT2D eigenvalue weighted by atomic mass is 79.9. The Balaban J connectivity index is 1.95. The Morgan fingerprint density at radius 1 is 1.28 bits per heavy atom. The van der Waals surface area contributed by atoms with Crippen molar-refractivity contribution < 1.29 is 9.53 Å². The minimum atomic E-state index is -0.583. The molecule has 0 aliphatic carbocycles. The summed E-state index contributed by atoms with van der Waals surface area (Å²) in [5.41, 5.74) is 2.87. The van der Waals surface area contributed by atoms with E-state index in [0.29, 0.717) is 26.5 Å². The molecule has 0 saturated heterocycles. The molecule has 1 aliphatic heterocycles. The van der Waals surface area contributed by atoms with Crippen molar-refractivity contribution in [1.29, 1.82) is 0 Å². The third-order valence-electron chi connectivity index (χ3n) is 5.34. The fourth-order valence-corrected chi connectivity index (χ4v) is 6.22. The van der Waals surface area contributed by atoms with Crippen molar-refractivity contribution in [2.24, 2.45) is 4.99 Å². The van der Waals surface area contributed by atoms with E-state index in [1.807, 2.05) is 29.7 Å². The number of aromatic nitrogens is 1. The maximum atomic E-state index is 13.5. The van der Waals surface area contributed by atoms with Crippen LogP contribution in [0, 0.1) is 0 Å². The quantitative estimate of drug-likeness (QED) is 0.447. The average molecular weight is 531 g/mol. The van der Waals surface area contributed by atoms with E-state index in [9.17, 15) is 9.59 Å². The molecule has 0 radical (unpaired) electrons. The second-order valence-electron chi connectivity index (χ2n) is 7.76. The number of rotatable bonds is 5. The molecule has 0 spiro atoms. The van der Waals surface area contributed by atoms with Crippen molar-refractivity contribution in [3.63, 3.8) is 0 Å². The molecule has 1 aromatic carbocycles. The van der Waals surface area contributed by atoms with Crippen LogP contribution in [0.5, 0.6) is 0 Å². The molecule has 2 aromatic heterocycles. The largest absolute Gasteiger partial charge is 0.463 e. The van der Waals surface area contributed by atoms with Gasteiger partial charge in [-0.2, -0.15) is 0 Å². The van der Waals surface area contributed by atoms with E-state index in [1.165, 1.54) is 16.9 Å². The Morgan fingerprint density at radius 2 is 2.00 bits per heavy atom. The van der Waals surface area contributed by atoms with Gasteiger partial charge in [0.2, 0.25) is 0 Å². The van der Waals surface area contributed by atoms with Crippen molar-refractivity contribution in [2.75, 3.05) is 6.61 Å². The third kappa shape index (κ3) is 4.19. The van der Waals surface area contributed by atoms with Crippen LogP contribution in [0.2, 0.25) is 0 Å². The van der Waals surface area contributed by atoms with Crippen molar-refractivity contribution in [3.05, 3.63) is 87.1 Å². The number of thiophene rings is 1. The number of ether oxygens (including phenoxy) is 1. The third-order valence-corrected chi connectivity index (χ3v) is 8.14. The number of thiazole rings is 1. The molecule has 0 unspecified atom stereocenters. The zero-order chi connectivity index (χ0) is 23.0. The van der Waals surface area contributed by atoms with Gasteiger partial charge in [-0.05, 0) is 64.3 Å². The predicted octanol–water partition coefficient (Wildman–Crippen LogP) is 4.75. The van der Waals surface area contributed by atoms with Gasteiger partial charge in [0, 0.05) is 9.35 Å². The van der Waals surface area contributed by atoms with Gasteiger partial charge >= 0.3 is 5.97 Å². The minimum absolute atomic E-state index is 0.165. The van der Waals surface area contributed by atoms with E-state index < -0.39 is 12.0 Å². The van der Waals surface area contributed by atoms with Crippen LogP contribution in [0.1, 0.15) is 55.7 Å². The summed E-state index contributed by atoms with van der Waals surface area (Å²) < 4.78 is 8.49. The number of fused-ring (bicyclic) bond motifs is 1. The van der Waals surface area contributed by atoms with Crippen LogP contribution in [0.15, 0.2) is 61.2 Å². The Hall–Kier alpha value is -2.29. The highest BCUT2D eigenvalue weighted by molar-refractivity contribution is 9.10. The van der Waals surface area contributed by atoms with Gasteiger partial charge in [-0.3, -0.25) is 9.36 Å². The lowest BCUT2D eigenvalue weighted by Gasteiger charge is -2.25. The van der Waals surface area contributed by atoms with Gasteiger partial charge in [-0.25, -0.2) is 9.79 Å². The van der Waals surface area contributed by atoms with Crippen LogP contribution in [0.25, 0.3) is 6.08 Å². The number of benzene rings is 1. The predicted molar refractivity (Wildman–Crippen MR) is 133 cm³/mol. The first-order chi connectivity index (χ1) is 15.3. The fourth-order valence-electron chi connectivity index (χ4n) is 3.70. The standard InChI is InChI=1S/C24H23BrN2O3S2/c1-5-30-23(29)20-14(4)26-24-27(21(20)16-8-6-15(7-9-16)13(2)3)22(28)19(32-24)12-18-17(25)10-11-31-18/h6-13,21H,5H2,1-4H3/t21-/m0/s1. The molecule has 32 heavy (non-hydrogen) atoms. The first-order valence-electron chi connectivity index (χ1n) is 10.3. The molecule has 3 heterocycles. The minimum Gasteiger partial charge on any atom is -0.463 e. The van der Waals surface area contributed by atoms with E-state index >= 15 is 0 Å². The maximum absolute atomic E-state index is 13.5. The normalized spacial score (nSPS) is 16.3. The summed E-state index contributed by atoms with van der Waals surface area (Å²) in [7, 11) is 0. The molecule has 1 aliphatic rings. The van der Waals surface area contributed by atoms with Gasteiger partial charge in [0.1, 0.15) is 0 Å². The van der Waals surface area contributed by atoms with Crippen LogP contribution in [0.4, 0.5) is 0 Å². The van der Waals surface area contributed by atoms with Crippen molar-refractivity contribution in [3.8, 4) is 0 Å². The molecule has 4 rings (SSSR count). The highest BCUT2D eigenvalue weighted by Crippen LogP contribution is 2.31. The van der Waals surface area contributed by atoms with Crippen molar-refractivity contribution >= 4 is 50.6 Å². The number of nitrogens with zero attached hydrogens (tertiary/aromatic N) is 2. The van der Waals surface area contributed by atoms with Crippen LogP contribution < -0.4 is 14.9 Å². The lowest BCUT2D eigenvalue weighted by Crippen LogP contribution is -2.39. The monoisotopic (exact) mass is 530 g/mol. The van der Waals surface area contributed by atoms with E-state index in [2.05, 4.69) is 46.9 Å². The highest BCUT2D eigenvalue weighted by Gasteiger charge is 2.33. The SMILES string of the molecule is CCOC(=O)C1=C(C)N=c2sc(=Cc3sccc3Br)c(=O)n2[C@H]1c1ccc(C(C)C)cc1. The van der Waals surface area contributed by atoms with E-state index in [1.54, 1.807) is 29.8 Å². The fraction of sp³-hybridized carbons (Fsp3) is 0.292. The van der Waals surface area contributed by atoms with Gasteiger partial charge in [-0.1, -0.05) is 49.4 Å². The van der Waals surface area contributed by atoms with E-state index in [-0.39, 0.29) is 12.2 Å². The Bertz CT molecular complexity index is 1380. The van der Waals surface area contributed by atoms with Crippen LogP contribution in [0.3, 0.4) is 0 Å². The number of allylic oxidation sites excluding steroid dienone is 1. The molecule has 8 heteroatoms. The second kappa shape index (κ2) is 9.29. The Kier molecular flexibility index (Phi) is 6.65. The lowest BCUT2D eigenvalue weighted by molar-refractivity contribution is -0.139. The summed E-state index contributed by atoms with van der Waals surface area (Å²) in [4.78, 5) is 32.6. The summed E-state index contributed by atoms with van der Waals surface area (Å²) in [6, 6.07) is 9.46. The zero-order valence-electron chi connectivity index (χ0n) is 18.2. The molecule has 0 amide bonds. The van der Waals surface area contributed by atoms with Gasteiger partial charge < -0.3 is 4.74 Å². The molecule has 0 saturated carbocycles. The number of hydrogen-bond acceptors (Lipinski definition) is 6. The molecule has 166 valence electrons. The summed E-state index contributed by atoms with van der Waals surface area (Å²) in [6.07, 6.45) is 1.88. The van der Waals surface area contributed by atoms with Gasteiger partial charge in [-0.15, -0.1) is 11.3 Å². The summed E-state index contributed by atoms with van der Waals surface area (Å²) in [6.45, 7) is 8.10. The molecule has 3 aromatic rings. The maximum Gasteiger partial charge on any atom is 0.338 e. The van der Waals surface area contributed by atoms with E-state index in [0.717, 1.165) is 14.9 Å². The van der Waals surface area contributed by atoms with E-state index in [4.69, 9.17) is 4.74 Å². The Labute approximate surface area is 202 Å². The van der Waals surface area contributed by atoms with Gasteiger partial charge in [0.15, 0.2) is 4.80 Å². The number of carbonyl (C=O) groups excluding carboxylic acids is 1. The molecule has 0 N–H and O–H groups in total. The summed E-state index contributed by atoms with van der Waals surface area (Å²) >= 11 is 6.41. The molecule has 0 bridgehead atoms. The first kappa shape index (κ1) is 22.9. The summed E-state index contributed by atoms with van der Waals surface area (Å²) in [5.74, 6) is -0.0564. The molecular formula is C24H23BrN2O3S2. The first-order valence-corrected chi connectivity index (χ1v) is 12.8. The smallest absolute Gasteiger partial charge is 0.338 e. The number of hydrogen-bond donors (Lipinski definition) is 0. The van der Waals surface area contributed by atoms with Crippen LogP contribution in [-0.4, -0.2) is 17.1 Å². The molecule has 5 nitrogen and oxygen atoms in total. The van der Waals surface area contributed by atoms with Crippen LogP contribution >= 0.6 is 38.6 Å². The molecule has 1 atom stereocenters. The Morgan fingerprint density at radius 3 is 2.59 bits per heavy atom. The van der Waals surface area contributed by atoms with Crippen molar-refractivity contribution in [1.82, 2.24) is 4.57 Å². The lowest BCUT2D eigenvalue weighted by atomic mass is 9.93. The van der Waals surface area contributed by atoms with Gasteiger partial charge in [0.25, 0.3) is 5.56 Å². The molecule has 0 fully saturated rings. The number of esters is 1. The number of halogens is 1. The topological polar surface area (TPSA) is 60.7 Å². The summed E-state index contributed by atoms with van der Waals surface area (Å²) in [5, 5.41) is 1.97. The van der Waals surface area contributed by atoms with Gasteiger partial charge in [0.05, 0.1) is 28.5 Å². The molecular weight excluding hydrogens is 508 g/mol. The average Bonchev–Trinajstić information content (AvgIpc) is 3.30.